The Hall–Kier alpha value is -2.33. The first-order valence-corrected chi connectivity index (χ1v) is 9.86. The van der Waals surface area contributed by atoms with Crippen molar-refractivity contribution in [3.05, 3.63) is 11.6 Å². The number of hydrogen-bond donors (Lipinski definition) is 1. The van der Waals surface area contributed by atoms with E-state index in [1.54, 1.807) is 11.8 Å². The van der Waals surface area contributed by atoms with Gasteiger partial charge in [0.05, 0.1) is 32.3 Å². The van der Waals surface area contributed by atoms with E-state index in [0.29, 0.717) is 13.1 Å². The summed E-state index contributed by atoms with van der Waals surface area (Å²) in [6.45, 7) is 8.40. The van der Waals surface area contributed by atoms with E-state index in [-0.39, 0.29) is 30.8 Å². The molecule has 3 aliphatic heterocycles. The number of amides is 4. The number of hydrogen-bond acceptors (Lipinski definition) is 6. The summed E-state index contributed by atoms with van der Waals surface area (Å²) in [4.78, 5) is 51.1. The first-order chi connectivity index (χ1) is 13.6. The number of likely N-dealkylation sites (tertiary alicyclic amines) is 1. The summed E-state index contributed by atoms with van der Waals surface area (Å²) in [5.41, 5.74) is 2.63. The Morgan fingerprint density at radius 1 is 1.31 bits per heavy atom. The van der Waals surface area contributed by atoms with E-state index < -0.39 is 17.6 Å². The normalized spacial score (nSPS) is 26.7. The van der Waals surface area contributed by atoms with Crippen LogP contribution in [0.3, 0.4) is 0 Å². The SMILES string of the molecule is CON1C(=O)N2C[C@H]1C=C(C)[C@H]2C(=O)NOC[C@@H]1CCCN1C(=O)OC(C)(C)C. The molecule has 2 bridgehead atoms. The Labute approximate surface area is 170 Å². The molecule has 1 N–H and O–H groups in total. The van der Waals surface area contributed by atoms with Gasteiger partial charge >= 0.3 is 12.1 Å². The third kappa shape index (κ3) is 4.48. The van der Waals surface area contributed by atoms with Gasteiger partial charge in [-0.25, -0.2) is 15.1 Å². The summed E-state index contributed by atoms with van der Waals surface area (Å²) in [5, 5.41) is 1.26. The van der Waals surface area contributed by atoms with Crippen LogP contribution >= 0.6 is 0 Å². The first kappa shape index (κ1) is 21.4. The van der Waals surface area contributed by atoms with E-state index in [2.05, 4.69) is 5.48 Å². The number of fused-ring (bicyclic) bond motifs is 2. The second kappa shape index (κ2) is 8.19. The van der Waals surface area contributed by atoms with Gasteiger partial charge in [-0.05, 0) is 46.1 Å². The van der Waals surface area contributed by atoms with Crippen LogP contribution in [0.25, 0.3) is 0 Å². The average molecular weight is 410 g/mol. The smallest absolute Gasteiger partial charge is 0.410 e. The summed E-state index contributed by atoms with van der Waals surface area (Å²) in [6, 6.07) is -1.46. The molecule has 2 fully saturated rings. The molecule has 0 aromatic heterocycles. The van der Waals surface area contributed by atoms with Crippen molar-refractivity contribution in [2.45, 2.75) is 64.3 Å². The lowest BCUT2D eigenvalue weighted by Gasteiger charge is -2.30. The van der Waals surface area contributed by atoms with Crippen LogP contribution in [0.2, 0.25) is 0 Å². The topological polar surface area (TPSA) is 101 Å². The predicted octanol–water partition coefficient (Wildman–Crippen LogP) is 1.43. The second-order valence-corrected chi connectivity index (χ2v) is 8.57. The van der Waals surface area contributed by atoms with Crippen molar-refractivity contribution in [1.29, 1.82) is 0 Å². The number of carbonyl (C=O) groups excluding carboxylic acids is 3. The Bertz CT molecular complexity index is 703. The Morgan fingerprint density at radius 2 is 2.03 bits per heavy atom. The molecule has 0 aromatic rings. The minimum Gasteiger partial charge on any atom is -0.444 e. The lowest BCUT2D eigenvalue weighted by molar-refractivity contribution is -0.138. The largest absolute Gasteiger partial charge is 0.444 e. The van der Waals surface area contributed by atoms with Crippen LogP contribution in [0, 0.1) is 0 Å². The molecular weight excluding hydrogens is 380 g/mol. The van der Waals surface area contributed by atoms with Gasteiger partial charge in [0.1, 0.15) is 11.6 Å². The molecule has 10 nitrogen and oxygen atoms in total. The fraction of sp³-hybridized carbons (Fsp3) is 0.737. The lowest BCUT2D eigenvalue weighted by atomic mass is 10.0. The van der Waals surface area contributed by atoms with Crippen molar-refractivity contribution < 1.29 is 28.8 Å². The molecule has 3 atom stereocenters. The predicted molar refractivity (Wildman–Crippen MR) is 102 cm³/mol. The molecule has 10 heteroatoms. The number of urea groups is 1. The Morgan fingerprint density at radius 3 is 2.69 bits per heavy atom. The minimum atomic E-state index is -0.746. The number of hydroxylamine groups is 3. The lowest BCUT2D eigenvalue weighted by Crippen LogP contribution is -2.50. The average Bonchev–Trinajstić information content (AvgIpc) is 3.17. The van der Waals surface area contributed by atoms with Gasteiger partial charge in [0.15, 0.2) is 0 Å². The summed E-state index contributed by atoms with van der Waals surface area (Å²) in [6.07, 6.45) is 3.10. The summed E-state index contributed by atoms with van der Waals surface area (Å²) < 4.78 is 5.43. The fourth-order valence-electron chi connectivity index (χ4n) is 4.00. The van der Waals surface area contributed by atoms with Gasteiger partial charge in [0, 0.05) is 6.54 Å². The van der Waals surface area contributed by atoms with Gasteiger partial charge in [-0.2, -0.15) is 5.06 Å². The van der Waals surface area contributed by atoms with Crippen LogP contribution in [0.15, 0.2) is 11.6 Å². The van der Waals surface area contributed by atoms with Gasteiger partial charge in [-0.15, -0.1) is 0 Å². The molecule has 0 aromatic carbocycles. The monoisotopic (exact) mass is 410 g/mol. The standard InChI is InChI=1S/C19H30N4O6/c1-12-9-14-10-22(17(25)23(14)27-5)15(12)16(24)20-28-11-13-7-6-8-21(13)18(26)29-19(2,3)4/h9,13-15H,6-8,10-11H2,1-5H3,(H,20,24)/t13-,14+,15-/m0/s1. The number of rotatable bonds is 5. The molecule has 3 rings (SSSR count). The zero-order valence-electron chi connectivity index (χ0n) is 17.6. The minimum absolute atomic E-state index is 0.154. The third-order valence-electron chi connectivity index (χ3n) is 5.22. The molecule has 29 heavy (non-hydrogen) atoms. The van der Waals surface area contributed by atoms with Crippen LogP contribution in [-0.2, 0) is 19.2 Å². The van der Waals surface area contributed by atoms with E-state index in [1.165, 1.54) is 17.1 Å². The van der Waals surface area contributed by atoms with E-state index in [0.717, 1.165) is 18.4 Å². The maximum Gasteiger partial charge on any atom is 0.410 e. The molecule has 0 saturated carbocycles. The Kier molecular flexibility index (Phi) is 6.04. The highest BCUT2D eigenvalue weighted by Crippen LogP contribution is 2.29. The number of ether oxygens (including phenoxy) is 1. The van der Waals surface area contributed by atoms with Crippen LogP contribution in [0.4, 0.5) is 9.59 Å². The molecule has 0 unspecified atom stereocenters. The third-order valence-corrected chi connectivity index (χ3v) is 5.22. The van der Waals surface area contributed by atoms with Crippen molar-refractivity contribution in [2.24, 2.45) is 0 Å². The fourth-order valence-corrected chi connectivity index (χ4v) is 4.00. The second-order valence-electron chi connectivity index (χ2n) is 8.57. The van der Waals surface area contributed by atoms with E-state index >= 15 is 0 Å². The zero-order valence-corrected chi connectivity index (χ0v) is 17.6. The van der Waals surface area contributed by atoms with E-state index in [1.807, 2.05) is 26.8 Å². The van der Waals surface area contributed by atoms with Crippen LogP contribution in [-0.4, -0.2) is 83.4 Å². The van der Waals surface area contributed by atoms with Gasteiger partial charge in [0.25, 0.3) is 5.91 Å². The van der Waals surface area contributed by atoms with Gasteiger partial charge < -0.3 is 14.5 Å². The molecule has 0 aliphatic carbocycles. The molecule has 0 radical (unpaired) electrons. The van der Waals surface area contributed by atoms with Crippen molar-refractivity contribution in [1.82, 2.24) is 20.3 Å². The van der Waals surface area contributed by atoms with Crippen molar-refractivity contribution in [3.63, 3.8) is 0 Å². The van der Waals surface area contributed by atoms with Gasteiger partial charge in [-0.3, -0.25) is 14.5 Å². The van der Waals surface area contributed by atoms with E-state index in [4.69, 9.17) is 14.4 Å². The molecule has 162 valence electrons. The molecule has 3 heterocycles. The molecular formula is C19H30N4O6. The van der Waals surface area contributed by atoms with Crippen molar-refractivity contribution in [3.8, 4) is 0 Å². The first-order valence-electron chi connectivity index (χ1n) is 9.86. The summed E-state index contributed by atoms with van der Waals surface area (Å²) >= 11 is 0. The van der Waals surface area contributed by atoms with Crippen molar-refractivity contribution >= 4 is 18.0 Å². The highest BCUT2D eigenvalue weighted by molar-refractivity contribution is 5.91. The number of nitrogens with one attached hydrogen (secondary N) is 1. The number of carbonyl (C=O) groups is 3. The summed E-state index contributed by atoms with van der Waals surface area (Å²) in [7, 11) is 1.43. The summed E-state index contributed by atoms with van der Waals surface area (Å²) in [5.74, 6) is -0.426. The highest BCUT2D eigenvalue weighted by atomic mass is 16.7. The van der Waals surface area contributed by atoms with E-state index in [9.17, 15) is 14.4 Å². The number of nitrogens with zero attached hydrogens (tertiary/aromatic N) is 3. The maximum atomic E-state index is 12.7. The van der Waals surface area contributed by atoms with Gasteiger partial charge in [-0.1, -0.05) is 6.08 Å². The molecule has 2 saturated heterocycles. The molecule has 3 aliphatic rings. The quantitative estimate of drug-likeness (QED) is 0.544. The van der Waals surface area contributed by atoms with Crippen LogP contribution in [0.1, 0.15) is 40.5 Å². The maximum absolute atomic E-state index is 12.7. The van der Waals surface area contributed by atoms with Gasteiger partial charge in [0.2, 0.25) is 0 Å². The highest BCUT2D eigenvalue weighted by Gasteiger charge is 2.47. The molecule has 0 spiro atoms. The van der Waals surface area contributed by atoms with Crippen LogP contribution in [0.5, 0.6) is 0 Å². The zero-order chi connectivity index (χ0) is 21.3. The Balaban J connectivity index is 1.53. The molecule has 4 amide bonds. The van der Waals surface area contributed by atoms with Crippen LogP contribution < -0.4 is 5.48 Å². The van der Waals surface area contributed by atoms with Crippen molar-refractivity contribution in [2.75, 3.05) is 26.8 Å².